The Kier molecular flexibility index (Phi) is 7.09. The van der Waals surface area contributed by atoms with Gasteiger partial charge in [-0.15, -0.1) is 12.4 Å². The summed E-state index contributed by atoms with van der Waals surface area (Å²) in [5.74, 6) is 0.547. The van der Waals surface area contributed by atoms with E-state index in [0.717, 1.165) is 12.8 Å². The number of hydrogen-bond acceptors (Lipinski definition) is 3. The molecule has 0 radical (unpaired) electrons. The van der Waals surface area contributed by atoms with Gasteiger partial charge in [0, 0.05) is 12.0 Å². The summed E-state index contributed by atoms with van der Waals surface area (Å²) in [6.07, 6.45) is 8.73. The molecule has 0 aliphatic heterocycles. The van der Waals surface area contributed by atoms with Crippen LogP contribution in [-0.4, -0.2) is 12.5 Å². The zero-order chi connectivity index (χ0) is 16.8. The highest BCUT2D eigenvalue weighted by Crippen LogP contribution is 2.37. The Balaban J connectivity index is 0.00000225. The maximum absolute atomic E-state index is 12.5. The second-order valence-corrected chi connectivity index (χ2v) is 6.75. The minimum Gasteiger partial charge on any atom is -0.467 e. The molecular formula is C20H27ClN2O2. The summed E-state index contributed by atoms with van der Waals surface area (Å²) >= 11 is 0. The minimum atomic E-state index is -0.0852. The van der Waals surface area contributed by atoms with Crippen molar-refractivity contribution in [2.75, 3.05) is 6.54 Å². The average molecular weight is 363 g/mol. The first-order valence-corrected chi connectivity index (χ1v) is 8.85. The summed E-state index contributed by atoms with van der Waals surface area (Å²) in [4.78, 5) is 12.5. The van der Waals surface area contributed by atoms with Gasteiger partial charge in [-0.2, -0.15) is 0 Å². The molecule has 0 atom stereocenters. The van der Waals surface area contributed by atoms with Gasteiger partial charge in [0.05, 0.1) is 12.1 Å². The summed E-state index contributed by atoms with van der Waals surface area (Å²) < 4.78 is 5.27. The number of furan rings is 1. The lowest BCUT2D eigenvalue weighted by Crippen LogP contribution is -2.40. The number of halogens is 1. The molecule has 2 aromatic rings. The molecule has 1 heterocycles. The molecule has 1 aliphatic carbocycles. The van der Waals surface area contributed by atoms with Gasteiger partial charge < -0.3 is 15.5 Å². The van der Waals surface area contributed by atoms with Crippen LogP contribution in [-0.2, 0) is 12.0 Å². The molecule has 136 valence electrons. The van der Waals surface area contributed by atoms with Gasteiger partial charge in [-0.25, -0.2) is 0 Å². The molecule has 3 N–H and O–H groups in total. The van der Waals surface area contributed by atoms with Crippen molar-refractivity contribution in [2.45, 2.75) is 50.5 Å². The number of rotatable bonds is 5. The Bertz CT molecular complexity index is 661. The smallest absolute Gasteiger partial charge is 0.254 e. The number of hydrogen-bond donors (Lipinski definition) is 2. The summed E-state index contributed by atoms with van der Waals surface area (Å²) in [5, 5.41) is 3.13. The van der Waals surface area contributed by atoms with E-state index >= 15 is 0 Å². The standard InChI is InChI=1S/C20H26N2O2.ClH/c21-13-18-12-16(14-24-18)19(23)22-15-20(10-6-1-2-7-11-20)17-8-4-3-5-9-17;/h3-5,8-9,12,14H,1-2,6-7,10-11,13,15,21H2,(H,22,23);1H. The van der Waals surface area contributed by atoms with Crippen LogP contribution in [0.15, 0.2) is 47.1 Å². The van der Waals surface area contributed by atoms with Gasteiger partial charge in [0.1, 0.15) is 12.0 Å². The van der Waals surface area contributed by atoms with Crippen LogP contribution < -0.4 is 11.1 Å². The summed E-state index contributed by atoms with van der Waals surface area (Å²) in [6.45, 7) is 0.972. The molecule has 3 rings (SSSR count). The molecule has 5 heteroatoms. The lowest BCUT2D eigenvalue weighted by atomic mass is 9.74. The molecule has 1 amide bonds. The number of amides is 1. The predicted molar refractivity (Wildman–Crippen MR) is 102 cm³/mol. The third-order valence-electron chi connectivity index (χ3n) is 5.15. The van der Waals surface area contributed by atoms with E-state index in [-0.39, 0.29) is 23.7 Å². The van der Waals surface area contributed by atoms with E-state index in [0.29, 0.717) is 24.4 Å². The summed E-state index contributed by atoms with van der Waals surface area (Å²) in [7, 11) is 0. The maximum atomic E-state index is 12.5. The molecule has 25 heavy (non-hydrogen) atoms. The third kappa shape index (κ3) is 4.65. The van der Waals surface area contributed by atoms with E-state index in [1.165, 1.54) is 37.5 Å². The Morgan fingerprint density at radius 2 is 1.80 bits per heavy atom. The fraction of sp³-hybridized carbons (Fsp3) is 0.450. The van der Waals surface area contributed by atoms with Crippen LogP contribution >= 0.6 is 12.4 Å². The van der Waals surface area contributed by atoms with Gasteiger partial charge in [-0.3, -0.25) is 4.79 Å². The average Bonchev–Trinajstić information content (AvgIpc) is 2.99. The zero-order valence-corrected chi connectivity index (χ0v) is 15.3. The summed E-state index contributed by atoms with van der Waals surface area (Å²) in [6, 6.07) is 12.3. The van der Waals surface area contributed by atoms with Gasteiger partial charge in [-0.05, 0) is 24.5 Å². The van der Waals surface area contributed by atoms with Gasteiger partial charge in [0.2, 0.25) is 0 Å². The Labute approximate surface area is 155 Å². The molecule has 1 aliphatic rings. The van der Waals surface area contributed by atoms with Crippen LogP contribution in [0.5, 0.6) is 0 Å². The molecule has 0 spiro atoms. The normalized spacial score (nSPS) is 16.5. The van der Waals surface area contributed by atoms with E-state index in [9.17, 15) is 4.79 Å². The molecule has 4 nitrogen and oxygen atoms in total. The van der Waals surface area contributed by atoms with Crippen molar-refractivity contribution in [1.82, 2.24) is 5.32 Å². The van der Waals surface area contributed by atoms with Gasteiger partial charge in [-0.1, -0.05) is 56.0 Å². The van der Waals surface area contributed by atoms with E-state index in [1.807, 2.05) is 6.07 Å². The summed E-state index contributed by atoms with van der Waals surface area (Å²) in [5.41, 5.74) is 7.46. The first-order valence-electron chi connectivity index (χ1n) is 8.85. The van der Waals surface area contributed by atoms with Gasteiger partial charge in [0.15, 0.2) is 0 Å². The number of nitrogens with one attached hydrogen (secondary N) is 1. The zero-order valence-electron chi connectivity index (χ0n) is 14.5. The molecular weight excluding hydrogens is 336 g/mol. The number of carbonyl (C=O) groups is 1. The molecule has 0 bridgehead atoms. The number of benzene rings is 1. The molecule has 0 unspecified atom stereocenters. The van der Waals surface area contributed by atoms with Crippen molar-refractivity contribution in [2.24, 2.45) is 5.73 Å². The largest absolute Gasteiger partial charge is 0.467 e. The van der Waals surface area contributed by atoms with E-state index < -0.39 is 0 Å². The Hall–Kier alpha value is -1.78. The van der Waals surface area contributed by atoms with E-state index in [2.05, 4.69) is 29.6 Å². The van der Waals surface area contributed by atoms with Crippen LogP contribution in [0.1, 0.15) is 60.2 Å². The topological polar surface area (TPSA) is 68.3 Å². The molecule has 1 aromatic carbocycles. The maximum Gasteiger partial charge on any atom is 0.254 e. The van der Waals surface area contributed by atoms with Crippen molar-refractivity contribution in [3.05, 3.63) is 59.5 Å². The highest BCUT2D eigenvalue weighted by atomic mass is 35.5. The second-order valence-electron chi connectivity index (χ2n) is 6.75. The molecule has 1 fully saturated rings. The highest BCUT2D eigenvalue weighted by molar-refractivity contribution is 5.94. The van der Waals surface area contributed by atoms with Crippen LogP contribution in [0.2, 0.25) is 0 Å². The van der Waals surface area contributed by atoms with Crippen molar-refractivity contribution < 1.29 is 9.21 Å². The first-order chi connectivity index (χ1) is 11.7. The van der Waals surface area contributed by atoms with Crippen LogP contribution in [0.4, 0.5) is 0 Å². The van der Waals surface area contributed by atoms with E-state index in [4.69, 9.17) is 10.2 Å². The fourth-order valence-electron chi connectivity index (χ4n) is 3.72. The minimum absolute atomic E-state index is 0. The van der Waals surface area contributed by atoms with Gasteiger partial charge in [0.25, 0.3) is 5.91 Å². The Morgan fingerprint density at radius 1 is 1.12 bits per heavy atom. The van der Waals surface area contributed by atoms with Crippen molar-refractivity contribution in [1.29, 1.82) is 0 Å². The second kappa shape index (κ2) is 9.07. The molecule has 1 saturated carbocycles. The SMILES string of the molecule is Cl.NCc1cc(C(=O)NCC2(c3ccccc3)CCCCCC2)co1. The number of carbonyl (C=O) groups excluding carboxylic acids is 1. The lowest BCUT2D eigenvalue weighted by Gasteiger charge is -2.33. The fourth-order valence-corrected chi connectivity index (χ4v) is 3.72. The molecule has 0 saturated heterocycles. The van der Waals surface area contributed by atoms with Crippen LogP contribution in [0.25, 0.3) is 0 Å². The monoisotopic (exact) mass is 362 g/mol. The third-order valence-corrected chi connectivity index (χ3v) is 5.15. The van der Waals surface area contributed by atoms with Crippen molar-refractivity contribution in [3.8, 4) is 0 Å². The quantitative estimate of drug-likeness (QED) is 0.784. The first kappa shape index (κ1) is 19.5. The van der Waals surface area contributed by atoms with Crippen molar-refractivity contribution >= 4 is 18.3 Å². The predicted octanol–water partition coefficient (Wildman–Crippen LogP) is 4.18. The van der Waals surface area contributed by atoms with Gasteiger partial charge >= 0.3 is 0 Å². The lowest BCUT2D eigenvalue weighted by molar-refractivity contribution is 0.0940. The van der Waals surface area contributed by atoms with Crippen molar-refractivity contribution in [3.63, 3.8) is 0 Å². The van der Waals surface area contributed by atoms with Crippen LogP contribution in [0.3, 0.4) is 0 Å². The van der Waals surface area contributed by atoms with E-state index in [1.54, 1.807) is 6.07 Å². The van der Waals surface area contributed by atoms with Crippen LogP contribution in [0, 0.1) is 0 Å². The Morgan fingerprint density at radius 3 is 2.40 bits per heavy atom. The molecule has 1 aromatic heterocycles. The number of nitrogens with two attached hydrogens (primary N) is 1. The highest BCUT2D eigenvalue weighted by Gasteiger charge is 2.33.